The molecule has 0 atom stereocenters. The predicted molar refractivity (Wildman–Crippen MR) is 84.2 cm³/mol. The first kappa shape index (κ1) is 13.0. The lowest BCUT2D eigenvalue weighted by atomic mass is 10.2. The maximum atomic E-state index is 5.98. The number of aromatic nitrogens is 2. The van der Waals surface area contributed by atoms with Crippen molar-refractivity contribution in [2.45, 2.75) is 13.5 Å². The highest BCUT2D eigenvalue weighted by atomic mass is 35.5. The zero-order valence-corrected chi connectivity index (χ0v) is 12.3. The Kier molecular flexibility index (Phi) is 3.36. The summed E-state index contributed by atoms with van der Waals surface area (Å²) in [6, 6.07) is 13.9. The summed E-state index contributed by atoms with van der Waals surface area (Å²) in [5, 5.41) is 4.09. The molecule has 3 aromatic rings. The molecule has 0 aliphatic carbocycles. The third kappa shape index (κ3) is 2.37. The zero-order chi connectivity index (χ0) is 14.1. The second kappa shape index (κ2) is 5.17. The van der Waals surface area contributed by atoms with Crippen LogP contribution in [0, 0.1) is 6.92 Å². The van der Waals surface area contributed by atoms with Crippen LogP contribution in [0.25, 0.3) is 11.0 Å². The molecular weight excluding hydrogens is 270 g/mol. The van der Waals surface area contributed by atoms with Gasteiger partial charge in [-0.2, -0.15) is 0 Å². The fraction of sp³-hybridized carbons (Fsp3) is 0.188. The first-order valence-electron chi connectivity index (χ1n) is 6.55. The van der Waals surface area contributed by atoms with Crippen molar-refractivity contribution in [1.82, 2.24) is 9.55 Å². The van der Waals surface area contributed by atoms with Crippen molar-refractivity contribution >= 4 is 28.3 Å². The van der Waals surface area contributed by atoms with E-state index in [0.29, 0.717) is 6.54 Å². The lowest BCUT2D eigenvalue weighted by molar-refractivity contribution is 0.833. The fourth-order valence-corrected chi connectivity index (χ4v) is 2.64. The van der Waals surface area contributed by atoms with E-state index in [1.165, 1.54) is 11.1 Å². The number of halogens is 1. The molecule has 3 rings (SSSR count). The predicted octanol–water partition coefficient (Wildman–Crippen LogP) is 4.15. The normalized spacial score (nSPS) is 10.9. The van der Waals surface area contributed by atoms with Gasteiger partial charge in [-0.15, -0.1) is 0 Å². The lowest BCUT2D eigenvalue weighted by Gasteiger charge is -2.07. The van der Waals surface area contributed by atoms with Crippen molar-refractivity contribution in [3.63, 3.8) is 0 Å². The number of hydrogen-bond donors (Lipinski definition) is 1. The van der Waals surface area contributed by atoms with Crippen LogP contribution in [-0.4, -0.2) is 9.55 Å². The molecular formula is C16H16ClN3. The van der Waals surface area contributed by atoms with E-state index in [4.69, 9.17) is 11.6 Å². The Labute approximate surface area is 123 Å². The Morgan fingerprint density at radius 2 is 2.00 bits per heavy atom. The number of nitrogens with zero attached hydrogens (tertiary/aromatic N) is 2. The quantitative estimate of drug-likeness (QED) is 0.783. The number of benzene rings is 2. The molecule has 0 aliphatic heterocycles. The van der Waals surface area contributed by atoms with Crippen LogP contribution in [0.15, 0.2) is 42.5 Å². The van der Waals surface area contributed by atoms with Gasteiger partial charge in [0.2, 0.25) is 0 Å². The average Bonchev–Trinajstić information content (AvgIpc) is 2.75. The number of nitrogens with one attached hydrogen (secondary N) is 1. The van der Waals surface area contributed by atoms with E-state index < -0.39 is 0 Å². The number of rotatable bonds is 3. The van der Waals surface area contributed by atoms with Crippen LogP contribution in [0.1, 0.15) is 11.4 Å². The number of aryl methyl sites for hydroxylation is 2. The summed E-state index contributed by atoms with van der Waals surface area (Å²) in [5.74, 6) is 1.01. The van der Waals surface area contributed by atoms with Gasteiger partial charge in [0.1, 0.15) is 5.82 Å². The lowest BCUT2D eigenvalue weighted by Crippen LogP contribution is -2.06. The van der Waals surface area contributed by atoms with Gasteiger partial charge in [0.15, 0.2) is 0 Å². The highest BCUT2D eigenvalue weighted by molar-refractivity contribution is 6.30. The van der Waals surface area contributed by atoms with Crippen LogP contribution in [-0.2, 0) is 13.6 Å². The number of hydrogen-bond acceptors (Lipinski definition) is 2. The van der Waals surface area contributed by atoms with Gasteiger partial charge in [0.25, 0.3) is 0 Å². The largest absolute Gasteiger partial charge is 0.378 e. The maximum absolute atomic E-state index is 5.98. The molecule has 0 radical (unpaired) electrons. The van der Waals surface area contributed by atoms with Crippen molar-refractivity contribution in [3.05, 3.63) is 58.9 Å². The van der Waals surface area contributed by atoms with Crippen molar-refractivity contribution in [2.75, 3.05) is 5.32 Å². The van der Waals surface area contributed by atoms with E-state index in [-0.39, 0.29) is 0 Å². The molecule has 1 heterocycles. The van der Waals surface area contributed by atoms with Crippen LogP contribution >= 0.6 is 11.6 Å². The molecule has 1 aromatic heterocycles. The summed E-state index contributed by atoms with van der Waals surface area (Å²) < 4.78 is 2.14. The van der Waals surface area contributed by atoms with Gasteiger partial charge in [-0.05, 0) is 36.8 Å². The van der Waals surface area contributed by atoms with Gasteiger partial charge in [-0.3, -0.25) is 0 Å². The molecule has 0 saturated heterocycles. The van der Waals surface area contributed by atoms with Gasteiger partial charge in [0, 0.05) is 17.8 Å². The topological polar surface area (TPSA) is 29.9 Å². The van der Waals surface area contributed by atoms with Gasteiger partial charge in [-0.25, -0.2) is 4.98 Å². The monoisotopic (exact) mass is 285 g/mol. The van der Waals surface area contributed by atoms with E-state index in [2.05, 4.69) is 34.9 Å². The van der Waals surface area contributed by atoms with E-state index in [1.807, 2.05) is 36.4 Å². The zero-order valence-electron chi connectivity index (χ0n) is 11.5. The molecule has 1 N–H and O–H groups in total. The molecule has 0 aliphatic rings. The molecule has 20 heavy (non-hydrogen) atoms. The molecule has 0 spiro atoms. The first-order chi connectivity index (χ1) is 9.65. The first-order valence-corrected chi connectivity index (χ1v) is 6.93. The average molecular weight is 286 g/mol. The van der Waals surface area contributed by atoms with Gasteiger partial charge < -0.3 is 9.88 Å². The molecule has 3 nitrogen and oxygen atoms in total. The minimum Gasteiger partial charge on any atom is -0.378 e. The molecule has 0 unspecified atom stereocenters. The van der Waals surface area contributed by atoms with Crippen molar-refractivity contribution in [1.29, 1.82) is 0 Å². The molecule has 0 saturated carbocycles. The summed E-state index contributed by atoms with van der Waals surface area (Å²) >= 11 is 5.98. The number of imidazole rings is 1. The van der Waals surface area contributed by atoms with Crippen molar-refractivity contribution < 1.29 is 0 Å². The van der Waals surface area contributed by atoms with Gasteiger partial charge >= 0.3 is 0 Å². The minimum atomic E-state index is 0.672. The van der Waals surface area contributed by atoms with Crippen molar-refractivity contribution in [2.24, 2.45) is 7.05 Å². The van der Waals surface area contributed by atoms with Crippen LogP contribution < -0.4 is 5.32 Å². The van der Waals surface area contributed by atoms with Crippen LogP contribution in [0.4, 0.5) is 5.69 Å². The van der Waals surface area contributed by atoms with E-state index in [1.54, 1.807) is 0 Å². The summed E-state index contributed by atoms with van der Waals surface area (Å²) in [4.78, 5) is 4.68. The van der Waals surface area contributed by atoms with Gasteiger partial charge in [-0.1, -0.05) is 29.8 Å². The summed E-state index contributed by atoms with van der Waals surface area (Å²) in [5.41, 5.74) is 4.47. The Morgan fingerprint density at radius 3 is 2.75 bits per heavy atom. The van der Waals surface area contributed by atoms with Crippen LogP contribution in [0.3, 0.4) is 0 Å². The smallest absolute Gasteiger partial charge is 0.129 e. The summed E-state index contributed by atoms with van der Waals surface area (Å²) in [6.07, 6.45) is 0. The maximum Gasteiger partial charge on any atom is 0.129 e. The van der Waals surface area contributed by atoms with Crippen LogP contribution in [0.5, 0.6) is 0 Å². The second-order valence-electron chi connectivity index (χ2n) is 4.89. The van der Waals surface area contributed by atoms with E-state index in [0.717, 1.165) is 22.1 Å². The molecule has 4 heteroatoms. The van der Waals surface area contributed by atoms with E-state index in [9.17, 15) is 0 Å². The molecule has 0 fully saturated rings. The number of para-hydroxylation sites is 1. The van der Waals surface area contributed by atoms with E-state index >= 15 is 0 Å². The highest BCUT2D eigenvalue weighted by Crippen LogP contribution is 2.20. The highest BCUT2D eigenvalue weighted by Gasteiger charge is 2.09. The second-order valence-corrected chi connectivity index (χ2v) is 5.33. The number of fused-ring (bicyclic) bond motifs is 1. The third-order valence-corrected chi connectivity index (χ3v) is 3.70. The molecule has 0 amide bonds. The summed E-state index contributed by atoms with van der Waals surface area (Å²) in [7, 11) is 2.05. The fourth-order valence-electron chi connectivity index (χ4n) is 2.45. The van der Waals surface area contributed by atoms with Crippen molar-refractivity contribution in [3.8, 4) is 0 Å². The molecule has 0 bridgehead atoms. The number of anilines is 1. The minimum absolute atomic E-state index is 0.672. The Morgan fingerprint density at radius 1 is 1.20 bits per heavy atom. The molecule has 102 valence electrons. The Bertz CT molecular complexity index is 762. The SMILES string of the molecule is Cc1cccc2nc(CNc3cccc(Cl)c3)n(C)c12. The van der Waals surface area contributed by atoms with Crippen LogP contribution in [0.2, 0.25) is 5.02 Å². The standard InChI is InChI=1S/C16H16ClN3/c1-11-5-3-8-14-16(11)20(2)15(19-14)10-18-13-7-4-6-12(17)9-13/h3-9,18H,10H2,1-2H3. The third-order valence-electron chi connectivity index (χ3n) is 3.46. The Balaban J connectivity index is 1.88. The molecule has 2 aromatic carbocycles. The summed E-state index contributed by atoms with van der Waals surface area (Å²) in [6.45, 7) is 2.78. The Hall–Kier alpha value is -2.00. The van der Waals surface area contributed by atoms with Gasteiger partial charge in [0.05, 0.1) is 17.6 Å².